The molecule has 3 rings (SSSR count). The molecule has 0 fully saturated rings. The molecule has 1 aromatic heterocycles. The van der Waals surface area contributed by atoms with Crippen LogP contribution in [0.25, 0.3) is 5.69 Å². The highest BCUT2D eigenvalue weighted by Gasteiger charge is 2.40. The number of aromatic nitrogens is 2. The minimum atomic E-state index is -4.82. The lowest BCUT2D eigenvalue weighted by atomic mass is 10.2. The Bertz CT molecular complexity index is 1020. The lowest BCUT2D eigenvalue weighted by molar-refractivity contribution is -0.143. The molecule has 0 aliphatic rings. The number of hydrogen-bond acceptors (Lipinski definition) is 3. The largest absolute Gasteiger partial charge is 0.495 e. The zero-order valence-corrected chi connectivity index (χ0v) is 16.6. The number of halogens is 5. The highest BCUT2D eigenvalue weighted by molar-refractivity contribution is 9.10. The Morgan fingerprint density at radius 1 is 1.21 bits per heavy atom. The Labute approximate surface area is 171 Å². The highest BCUT2D eigenvalue weighted by atomic mass is 79.9. The molecule has 146 valence electrons. The summed E-state index contributed by atoms with van der Waals surface area (Å²) in [6, 6.07) is 10.4. The van der Waals surface area contributed by atoms with Crippen LogP contribution in [0, 0.1) is 0 Å². The Kier molecular flexibility index (Phi) is 5.66. The average molecular weight is 475 g/mol. The zero-order chi connectivity index (χ0) is 20.5. The standard InChI is InChI=1S/C18H12BrClF3N3O2/c1-28-15-7-2-10(19)8-14(15)25-17(27)13-9-24-26(16(13)18(21,22)23)12-5-3-11(20)4-6-12/h2-9H,1H3,(H,25,27). The van der Waals surface area contributed by atoms with Gasteiger partial charge in [0.05, 0.1) is 30.2 Å². The Hall–Kier alpha value is -2.52. The number of ether oxygens (including phenoxy) is 1. The van der Waals surface area contributed by atoms with Gasteiger partial charge >= 0.3 is 6.18 Å². The van der Waals surface area contributed by atoms with Crippen molar-refractivity contribution in [3.63, 3.8) is 0 Å². The number of methoxy groups -OCH3 is 1. The molecule has 1 amide bonds. The summed E-state index contributed by atoms with van der Waals surface area (Å²) in [6.45, 7) is 0. The fourth-order valence-electron chi connectivity index (χ4n) is 2.53. The molecule has 0 saturated heterocycles. The van der Waals surface area contributed by atoms with Crippen LogP contribution in [0.1, 0.15) is 16.1 Å². The summed E-state index contributed by atoms with van der Waals surface area (Å²) in [7, 11) is 1.39. The summed E-state index contributed by atoms with van der Waals surface area (Å²) < 4.78 is 47.6. The number of rotatable bonds is 4. The van der Waals surface area contributed by atoms with Gasteiger partial charge < -0.3 is 10.1 Å². The summed E-state index contributed by atoms with van der Waals surface area (Å²) in [5, 5.41) is 6.56. The molecule has 2 aromatic carbocycles. The zero-order valence-electron chi connectivity index (χ0n) is 14.2. The van der Waals surface area contributed by atoms with Gasteiger partial charge in [0.1, 0.15) is 5.75 Å². The van der Waals surface area contributed by atoms with Crippen LogP contribution in [0.5, 0.6) is 5.75 Å². The SMILES string of the molecule is COc1ccc(Br)cc1NC(=O)c1cnn(-c2ccc(Cl)cc2)c1C(F)(F)F. The quantitative estimate of drug-likeness (QED) is 0.538. The molecule has 5 nitrogen and oxygen atoms in total. The van der Waals surface area contributed by atoms with Gasteiger partial charge in [-0.15, -0.1) is 0 Å². The topological polar surface area (TPSA) is 56.1 Å². The molecule has 0 bridgehead atoms. The molecular formula is C18H12BrClF3N3O2. The van der Waals surface area contributed by atoms with E-state index in [0.29, 0.717) is 19.9 Å². The molecule has 3 aromatic rings. The van der Waals surface area contributed by atoms with Gasteiger partial charge in [-0.2, -0.15) is 18.3 Å². The number of anilines is 1. The monoisotopic (exact) mass is 473 g/mol. The van der Waals surface area contributed by atoms with Gasteiger partial charge in [0.15, 0.2) is 5.69 Å². The predicted octanol–water partition coefficient (Wildman–Crippen LogP) is 5.57. The van der Waals surface area contributed by atoms with E-state index in [-0.39, 0.29) is 11.4 Å². The lowest BCUT2D eigenvalue weighted by Gasteiger charge is -2.14. The van der Waals surface area contributed by atoms with E-state index in [1.807, 2.05) is 0 Å². The summed E-state index contributed by atoms with van der Waals surface area (Å²) >= 11 is 9.03. The fraction of sp³-hybridized carbons (Fsp3) is 0.111. The predicted molar refractivity (Wildman–Crippen MR) is 102 cm³/mol. The van der Waals surface area contributed by atoms with E-state index < -0.39 is 23.3 Å². The third-order valence-corrected chi connectivity index (χ3v) is 4.51. The molecule has 0 unspecified atom stereocenters. The number of nitrogens with zero attached hydrogens (tertiary/aromatic N) is 2. The lowest BCUT2D eigenvalue weighted by Crippen LogP contribution is -2.21. The van der Waals surface area contributed by atoms with Crippen molar-refractivity contribution in [3.05, 3.63) is 69.4 Å². The second-order valence-corrected chi connectivity index (χ2v) is 6.94. The molecular weight excluding hydrogens is 463 g/mol. The van der Waals surface area contributed by atoms with Crippen LogP contribution in [-0.2, 0) is 6.18 Å². The van der Waals surface area contributed by atoms with Gasteiger partial charge in [-0.25, -0.2) is 4.68 Å². The molecule has 1 heterocycles. The number of carbonyl (C=O) groups excluding carboxylic acids is 1. The first-order chi connectivity index (χ1) is 13.2. The normalized spacial score (nSPS) is 11.4. The number of amides is 1. The maximum atomic E-state index is 13.7. The number of nitrogens with one attached hydrogen (secondary N) is 1. The van der Waals surface area contributed by atoms with Crippen molar-refractivity contribution in [1.82, 2.24) is 9.78 Å². The average Bonchev–Trinajstić information content (AvgIpc) is 3.08. The van der Waals surface area contributed by atoms with E-state index in [0.717, 1.165) is 6.20 Å². The summed E-state index contributed by atoms with van der Waals surface area (Å²) in [5.41, 5.74) is -1.48. The molecule has 0 aliphatic carbocycles. The summed E-state index contributed by atoms with van der Waals surface area (Å²) in [6.07, 6.45) is -3.94. The van der Waals surface area contributed by atoms with Crippen molar-refractivity contribution in [2.45, 2.75) is 6.18 Å². The number of alkyl halides is 3. The molecule has 1 N–H and O–H groups in total. The minimum absolute atomic E-state index is 0.121. The van der Waals surface area contributed by atoms with E-state index in [4.69, 9.17) is 16.3 Å². The minimum Gasteiger partial charge on any atom is -0.495 e. The molecule has 0 aliphatic heterocycles. The number of carbonyl (C=O) groups is 1. The van der Waals surface area contributed by atoms with Crippen molar-refractivity contribution in [1.29, 1.82) is 0 Å². The summed E-state index contributed by atoms with van der Waals surface area (Å²) in [5.74, 6) is -0.667. The molecule has 0 saturated carbocycles. The third-order valence-electron chi connectivity index (χ3n) is 3.76. The molecule has 28 heavy (non-hydrogen) atoms. The van der Waals surface area contributed by atoms with E-state index >= 15 is 0 Å². The smallest absolute Gasteiger partial charge is 0.434 e. The van der Waals surface area contributed by atoms with Crippen LogP contribution < -0.4 is 10.1 Å². The van der Waals surface area contributed by atoms with Gasteiger partial charge in [-0.3, -0.25) is 4.79 Å². The first kappa shape index (κ1) is 20.2. The van der Waals surface area contributed by atoms with Crippen molar-refractivity contribution in [2.24, 2.45) is 0 Å². The Morgan fingerprint density at radius 2 is 1.89 bits per heavy atom. The maximum Gasteiger partial charge on any atom is 0.434 e. The van der Waals surface area contributed by atoms with E-state index in [9.17, 15) is 18.0 Å². The molecule has 0 atom stereocenters. The van der Waals surface area contributed by atoms with Crippen LogP contribution in [0.3, 0.4) is 0 Å². The van der Waals surface area contributed by atoms with Crippen LogP contribution in [0.2, 0.25) is 5.02 Å². The highest BCUT2D eigenvalue weighted by Crippen LogP contribution is 2.35. The first-order valence-electron chi connectivity index (χ1n) is 7.76. The second-order valence-electron chi connectivity index (χ2n) is 5.59. The maximum absolute atomic E-state index is 13.7. The van der Waals surface area contributed by atoms with Crippen LogP contribution in [-0.4, -0.2) is 22.8 Å². The third kappa shape index (κ3) is 4.15. The van der Waals surface area contributed by atoms with Crippen molar-refractivity contribution in [2.75, 3.05) is 12.4 Å². The van der Waals surface area contributed by atoms with Gasteiger partial charge in [0.25, 0.3) is 5.91 Å². The van der Waals surface area contributed by atoms with Gasteiger partial charge in [-0.05, 0) is 42.5 Å². The van der Waals surface area contributed by atoms with Crippen molar-refractivity contribution < 1.29 is 22.7 Å². The second kappa shape index (κ2) is 7.84. The van der Waals surface area contributed by atoms with Gasteiger partial charge in [0.2, 0.25) is 0 Å². The van der Waals surface area contributed by atoms with Crippen molar-refractivity contribution >= 4 is 39.1 Å². The molecule has 0 radical (unpaired) electrons. The molecule has 0 spiro atoms. The van der Waals surface area contributed by atoms with Gasteiger partial charge in [-0.1, -0.05) is 27.5 Å². The Morgan fingerprint density at radius 3 is 2.50 bits per heavy atom. The van der Waals surface area contributed by atoms with E-state index in [1.54, 1.807) is 12.1 Å². The first-order valence-corrected chi connectivity index (χ1v) is 8.94. The van der Waals surface area contributed by atoms with Gasteiger partial charge in [0, 0.05) is 9.50 Å². The number of benzene rings is 2. The van der Waals surface area contributed by atoms with Crippen LogP contribution in [0.4, 0.5) is 18.9 Å². The van der Waals surface area contributed by atoms with E-state index in [1.165, 1.54) is 37.4 Å². The Balaban J connectivity index is 2.04. The number of hydrogen-bond donors (Lipinski definition) is 1. The van der Waals surface area contributed by atoms with Crippen molar-refractivity contribution in [3.8, 4) is 11.4 Å². The van der Waals surface area contributed by atoms with Crippen LogP contribution in [0.15, 0.2) is 53.1 Å². The fourth-order valence-corrected chi connectivity index (χ4v) is 3.02. The van der Waals surface area contributed by atoms with Crippen LogP contribution >= 0.6 is 27.5 Å². The van der Waals surface area contributed by atoms with E-state index in [2.05, 4.69) is 26.3 Å². The summed E-state index contributed by atoms with van der Waals surface area (Å²) in [4.78, 5) is 12.6. The molecule has 10 heteroatoms.